The Balaban J connectivity index is 1.47. The van der Waals surface area contributed by atoms with Gasteiger partial charge in [0, 0.05) is 10.8 Å². The maximum Gasteiger partial charge on any atom is 0.164 e. The molecule has 15 atom stereocenters. The average molecular weight is 354 g/mol. The second-order valence-corrected chi connectivity index (χ2v) is 11.8. The van der Waals surface area contributed by atoms with Gasteiger partial charge in [-0.3, -0.25) is 4.79 Å². The van der Waals surface area contributed by atoms with E-state index in [1.54, 1.807) is 0 Å². The van der Waals surface area contributed by atoms with Gasteiger partial charge in [-0.25, -0.2) is 0 Å². The predicted molar refractivity (Wildman–Crippen MR) is 93.8 cm³/mol. The zero-order valence-electron chi connectivity index (χ0n) is 16.1. The highest BCUT2D eigenvalue weighted by Crippen LogP contribution is 2.87. The topological polar surface area (TPSA) is 35.5 Å². The van der Waals surface area contributed by atoms with E-state index in [0.29, 0.717) is 35.7 Å². The van der Waals surface area contributed by atoms with Crippen molar-refractivity contribution in [3.8, 4) is 0 Å². The molecule has 2 aliphatic heterocycles. The molecule has 8 rings (SSSR count). The van der Waals surface area contributed by atoms with Crippen LogP contribution in [-0.2, 0) is 14.3 Å². The van der Waals surface area contributed by atoms with Crippen molar-refractivity contribution in [2.45, 2.75) is 65.0 Å². The monoisotopic (exact) mass is 354 g/mol. The second kappa shape index (κ2) is 3.85. The van der Waals surface area contributed by atoms with E-state index in [0.717, 1.165) is 41.4 Å². The van der Waals surface area contributed by atoms with Gasteiger partial charge in [0.15, 0.2) is 6.29 Å². The van der Waals surface area contributed by atoms with Gasteiger partial charge in [-0.2, -0.15) is 0 Å². The summed E-state index contributed by atoms with van der Waals surface area (Å²) < 4.78 is 13.6. The third kappa shape index (κ3) is 1.08. The van der Waals surface area contributed by atoms with E-state index in [1.807, 2.05) is 6.92 Å². The molecule has 6 saturated carbocycles. The fourth-order valence-corrected chi connectivity index (χ4v) is 11.9. The maximum absolute atomic E-state index is 13.3. The van der Waals surface area contributed by atoms with Crippen molar-refractivity contribution in [2.75, 3.05) is 0 Å². The van der Waals surface area contributed by atoms with Crippen LogP contribution in [0.3, 0.4) is 0 Å². The number of hydrogen-bond donors (Lipinski definition) is 0. The van der Waals surface area contributed by atoms with Crippen LogP contribution in [0.2, 0.25) is 0 Å². The molecule has 0 unspecified atom stereocenters. The highest BCUT2D eigenvalue weighted by atomic mass is 16.7. The van der Waals surface area contributed by atoms with Gasteiger partial charge in [0.2, 0.25) is 0 Å². The normalized spacial score (nSPS) is 75.4. The van der Waals surface area contributed by atoms with E-state index < -0.39 is 0 Å². The van der Waals surface area contributed by atoms with E-state index in [-0.39, 0.29) is 17.1 Å². The molecule has 0 radical (unpaired) electrons. The molecule has 8 fully saturated rings. The van der Waals surface area contributed by atoms with Crippen LogP contribution in [0.1, 0.15) is 46.5 Å². The molecule has 3 heteroatoms. The molecule has 140 valence electrons. The zero-order valence-corrected chi connectivity index (χ0v) is 16.1. The first-order chi connectivity index (χ1) is 12.5. The molecule has 0 N–H and O–H groups in total. The highest BCUT2D eigenvalue weighted by molar-refractivity contribution is 5.84. The Bertz CT molecular complexity index is 763. The zero-order chi connectivity index (χ0) is 17.3. The van der Waals surface area contributed by atoms with E-state index in [2.05, 4.69) is 13.8 Å². The minimum atomic E-state index is -0.0932. The van der Waals surface area contributed by atoms with E-state index in [4.69, 9.17) is 9.47 Å². The summed E-state index contributed by atoms with van der Waals surface area (Å²) >= 11 is 0. The summed E-state index contributed by atoms with van der Waals surface area (Å²) in [5.74, 6) is 7.74. The summed E-state index contributed by atoms with van der Waals surface area (Å²) in [6.45, 7) is 6.89. The number of ketones is 1. The van der Waals surface area contributed by atoms with Crippen LogP contribution in [0.25, 0.3) is 0 Å². The maximum atomic E-state index is 13.3. The van der Waals surface area contributed by atoms with Gasteiger partial charge < -0.3 is 9.47 Å². The summed E-state index contributed by atoms with van der Waals surface area (Å²) in [5.41, 5.74) is 0.128. The van der Waals surface area contributed by atoms with Crippen molar-refractivity contribution in [1.82, 2.24) is 0 Å². The summed E-state index contributed by atoms with van der Waals surface area (Å²) in [4.78, 5) is 13.3. The molecule has 2 saturated heterocycles. The number of fused-ring (bicyclic) bond motifs is 1. The van der Waals surface area contributed by atoms with Crippen LogP contribution in [-0.4, -0.2) is 24.3 Å². The quantitative estimate of drug-likeness (QED) is 0.723. The summed E-state index contributed by atoms with van der Waals surface area (Å²) in [7, 11) is 0. The minimum Gasteiger partial charge on any atom is -0.349 e. The summed E-state index contributed by atoms with van der Waals surface area (Å²) in [5, 5.41) is 0. The van der Waals surface area contributed by atoms with Crippen molar-refractivity contribution < 1.29 is 14.3 Å². The number of ether oxygens (including phenoxy) is 2. The first kappa shape index (κ1) is 14.6. The third-order valence-corrected chi connectivity index (χ3v) is 12.0. The lowest BCUT2D eigenvalue weighted by atomic mass is 9.62. The van der Waals surface area contributed by atoms with Crippen LogP contribution in [0.5, 0.6) is 0 Å². The van der Waals surface area contributed by atoms with Gasteiger partial charge in [0.1, 0.15) is 5.78 Å². The van der Waals surface area contributed by atoms with Crippen LogP contribution >= 0.6 is 0 Å². The average Bonchev–Trinajstić information content (AvgIpc) is 3.32. The number of carbonyl (C=O) groups excluding carboxylic acids is 1. The first-order valence-electron chi connectivity index (χ1n) is 11.3. The van der Waals surface area contributed by atoms with Crippen molar-refractivity contribution in [3.05, 3.63) is 0 Å². The predicted octanol–water partition coefficient (Wildman–Crippen LogP) is 3.52. The van der Waals surface area contributed by atoms with Crippen molar-refractivity contribution in [2.24, 2.45) is 70.0 Å². The number of carbonyl (C=O) groups is 1. The van der Waals surface area contributed by atoms with Gasteiger partial charge in [0.05, 0.1) is 12.2 Å². The Hall–Kier alpha value is -0.410. The molecule has 26 heavy (non-hydrogen) atoms. The molecular weight excluding hydrogens is 324 g/mol. The first-order valence-corrected chi connectivity index (χ1v) is 11.3. The van der Waals surface area contributed by atoms with Crippen LogP contribution in [0.15, 0.2) is 0 Å². The number of hydrogen-bond acceptors (Lipinski definition) is 3. The SMILES string of the molecule is CC(=O)[C@]1(C)[C@H]2[C@@H]3[C@H]4[C@H]1[C@@H]1CC[C@@H]5O[C@@H]6O[C@H]7CC[C@@H]([C@@H]27)[C@H]3[C@@]6(C)[C@H]4[C@@H]15. The fraction of sp³-hybridized carbons (Fsp3) is 0.957. The Morgan fingerprint density at radius 2 is 1.35 bits per heavy atom. The van der Waals surface area contributed by atoms with Crippen LogP contribution in [0, 0.1) is 70.0 Å². The minimum absolute atomic E-state index is 0.0455. The van der Waals surface area contributed by atoms with Gasteiger partial charge in [0.25, 0.3) is 0 Å². The standard InChI is InChI=1S/C23H30O3/c1-8(24)22(2)17-9-4-6-12-14(9)20-15(17)16-18-10-5-7-11(13(10)19(16)22)25-21(26-12)23(18,20)3/h9-21H,4-7H2,1-3H3/t9-,10+,11+,12+,13-,14+,15+,16-,17-,18-,19-,20+,21+,22+,23+/m1/s1. The molecular formula is C23H30O3. The van der Waals surface area contributed by atoms with Gasteiger partial charge in [-0.05, 0) is 91.8 Å². The number of rotatable bonds is 1. The van der Waals surface area contributed by atoms with Crippen LogP contribution in [0.4, 0.5) is 0 Å². The molecule has 0 spiro atoms. The van der Waals surface area contributed by atoms with Crippen molar-refractivity contribution in [3.63, 3.8) is 0 Å². The van der Waals surface area contributed by atoms with Gasteiger partial charge >= 0.3 is 0 Å². The lowest BCUT2D eigenvalue weighted by Crippen LogP contribution is -2.55. The Morgan fingerprint density at radius 1 is 0.769 bits per heavy atom. The molecule has 4 bridgehead atoms. The highest BCUT2D eigenvalue weighted by Gasteiger charge is 2.87. The Kier molecular flexibility index (Phi) is 2.16. The summed E-state index contributed by atoms with van der Waals surface area (Å²) in [6, 6.07) is 0. The van der Waals surface area contributed by atoms with E-state index in [1.165, 1.54) is 25.7 Å². The number of Topliss-reactive ketones (excluding diaryl/α,β-unsaturated/α-hetero) is 1. The van der Waals surface area contributed by atoms with E-state index >= 15 is 0 Å². The molecule has 6 aliphatic carbocycles. The second-order valence-electron chi connectivity index (χ2n) is 11.8. The third-order valence-electron chi connectivity index (χ3n) is 12.0. The molecule has 2 heterocycles. The summed E-state index contributed by atoms with van der Waals surface area (Å²) in [6.07, 6.45) is 5.85. The van der Waals surface area contributed by atoms with E-state index in [9.17, 15) is 4.79 Å². The molecule has 0 aromatic rings. The van der Waals surface area contributed by atoms with Gasteiger partial charge in [-0.1, -0.05) is 13.8 Å². The van der Waals surface area contributed by atoms with Crippen LogP contribution < -0.4 is 0 Å². The molecule has 8 aliphatic rings. The van der Waals surface area contributed by atoms with Crippen molar-refractivity contribution >= 4 is 5.78 Å². The lowest BCUT2D eigenvalue weighted by Gasteiger charge is -2.52. The fourth-order valence-electron chi connectivity index (χ4n) is 11.9. The molecule has 0 amide bonds. The molecule has 0 aromatic carbocycles. The Morgan fingerprint density at radius 3 is 2.00 bits per heavy atom. The largest absolute Gasteiger partial charge is 0.349 e. The van der Waals surface area contributed by atoms with Gasteiger partial charge in [-0.15, -0.1) is 0 Å². The Labute approximate surface area is 155 Å². The lowest BCUT2D eigenvalue weighted by molar-refractivity contribution is -0.302. The molecule has 0 aromatic heterocycles. The molecule has 3 nitrogen and oxygen atoms in total. The van der Waals surface area contributed by atoms with Crippen molar-refractivity contribution in [1.29, 1.82) is 0 Å². The smallest absolute Gasteiger partial charge is 0.164 e.